The summed E-state index contributed by atoms with van der Waals surface area (Å²) in [5.41, 5.74) is 1.78. The third-order valence-electron chi connectivity index (χ3n) is 4.73. The molecule has 3 rings (SSSR count). The van der Waals surface area contributed by atoms with Crippen molar-refractivity contribution in [3.8, 4) is 6.07 Å². The predicted molar refractivity (Wildman–Crippen MR) is 101 cm³/mol. The van der Waals surface area contributed by atoms with Crippen molar-refractivity contribution in [3.05, 3.63) is 35.4 Å². The fourth-order valence-electron chi connectivity index (χ4n) is 3.03. The molecule has 0 bridgehead atoms. The van der Waals surface area contributed by atoms with Gasteiger partial charge in [-0.1, -0.05) is 12.1 Å². The Morgan fingerprint density at radius 2 is 1.92 bits per heavy atom. The average molecular weight is 354 g/mol. The molecule has 26 heavy (non-hydrogen) atoms. The van der Waals surface area contributed by atoms with Gasteiger partial charge in [-0.3, -0.25) is 14.7 Å². The van der Waals surface area contributed by atoms with Crippen LogP contribution in [0.15, 0.2) is 29.3 Å². The first-order valence-electron chi connectivity index (χ1n) is 9.14. The molecule has 0 aromatic heterocycles. The fraction of sp³-hybridized carbons (Fsp3) is 0.526. The molecule has 0 spiro atoms. The van der Waals surface area contributed by atoms with Crippen LogP contribution in [0.4, 0.5) is 0 Å². The minimum Gasteiger partial charge on any atom is -0.352 e. The second kappa shape index (κ2) is 8.68. The third kappa shape index (κ3) is 5.20. The number of amides is 1. The van der Waals surface area contributed by atoms with Gasteiger partial charge in [0.2, 0.25) is 5.91 Å². The van der Waals surface area contributed by atoms with Crippen molar-refractivity contribution in [3.63, 3.8) is 0 Å². The molecular formula is C19H26N6O. The van der Waals surface area contributed by atoms with Crippen molar-refractivity contribution in [1.82, 2.24) is 20.4 Å². The van der Waals surface area contributed by atoms with Gasteiger partial charge in [-0.15, -0.1) is 0 Å². The number of carbonyl (C=O) groups is 1. The number of hydrogen-bond acceptors (Lipinski definition) is 4. The highest BCUT2D eigenvalue weighted by atomic mass is 16.2. The second-order valence-corrected chi connectivity index (χ2v) is 6.81. The van der Waals surface area contributed by atoms with Gasteiger partial charge < -0.3 is 15.5 Å². The lowest BCUT2D eigenvalue weighted by Gasteiger charge is -2.36. The van der Waals surface area contributed by atoms with Crippen LogP contribution in [0.25, 0.3) is 0 Å². The molecule has 7 heteroatoms. The van der Waals surface area contributed by atoms with E-state index in [4.69, 9.17) is 5.26 Å². The number of nitrogens with one attached hydrogen (secondary N) is 2. The largest absolute Gasteiger partial charge is 0.352 e. The lowest BCUT2D eigenvalue weighted by atomic mass is 10.1. The van der Waals surface area contributed by atoms with Gasteiger partial charge in [-0.05, 0) is 30.5 Å². The summed E-state index contributed by atoms with van der Waals surface area (Å²) in [7, 11) is 1.79. The van der Waals surface area contributed by atoms with Gasteiger partial charge in [-0.25, -0.2) is 0 Å². The van der Waals surface area contributed by atoms with Gasteiger partial charge in [-0.2, -0.15) is 5.26 Å². The highest BCUT2D eigenvalue weighted by Crippen LogP contribution is 2.18. The van der Waals surface area contributed by atoms with Crippen LogP contribution >= 0.6 is 0 Å². The quantitative estimate of drug-likeness (QED) is 0.595. The molecule has 1 saturated heterocycles. The number of benzene rings is 1. The first-order valence-corrected chi connectivity index (χ1v) is 9.14. The standard InChI is InChI=1S/C19H26N6O/c1-21-19(22-13-16-4-2-15(12-20)3-5-16)25-10-8-24(9-11-25)14-18(26)23-17-6-7-17/h2-5,17H,6-11,13-14H2,1H3,(H,21,22)(H,23,26). The summed E-state index contributed by atoms with van der Waals surface area (Å²) in [6, 6.07) is 10.1. The summed E-state index contributed by atoms with van der Waals surface area (Å²) in [6.07, 6.45) is 2.25. The van der Waals surface area contributed by atoms with Gasteiger partial charge in [0, 0.05) is 45.8 Å². The molecule has 2 N–H and O–H groups in total. The van der Waals surface area contributed by atoms with E-state index in [1.165, 1.54) is 0 Å². The SMILES string of the molecule is CN=C(NCc1ccc(C#N)cc1)N1CCN(CC(=O)NC2CC2)CC1. The van der Waals surface area contributed by atoms with Crippen LogP contribution in [0.2, 0.25) is 0 Å². The molecule has 1 amide bonds. The first-order chi connectivity index (χ1) is 12.7. The van der Waals surface area contributed by atoms with E-state index in [-0.39, 0.29) is 5.91 Å². The lowest BCUT2D eigenvalue weighted by molar-refractivity contribution is -0.122. The lowest BCUT2D eigenvalue weighted by Crippen LogP contribution is -2.54. The van der Waals surface area contributed by atoms with Crippen LogP contribution in [-0.4, -0.2) is 67.5 Å². The first kappa shape index (κ1) is 18.2. The van der Waals surface area contributed by atoms with Gasteiger partial charge in [0.1, 0.15) is 0 Å². The normalized spacial score (nSPS) is 18.3. The highest BCUT2D eigenvalue weighted by Gasteiger charge is 2.25. The second-order valence-electron chi connectivity index (χ2n) is 6.81. The zero-order valence-electron chi connectivity index (χ0n) is 15.2. The summed E-state index contributed by atoms with van der Waals surface area (Å²) in [4.78, 5) is 20.7. The molecule has 2 fully saturated rings. The third-order valence-corrected chi connectivity index (χ3v) is 4.73. The molecule has 1 aromatic carbocycles. The Morgan fingerprint density at radius 3 is 2.50 bits per heavy atom. The summed E-state index contributed by atoms with van der Waals surface area (Å²) < 4.78 is 0. The summed E-state index contributed by atoms with van der Waals surface area (Å²) in [6.45, 7) is 4.57. The van der Waals surface area contributed by atoms with Crippen molar-refractivity contribution < 1.29 is 4.79 Å². The number of nitriles is 1. The topological polar surface area (TPSA) is 83.8 Å². The van der Waals surface area contributed by atoms with Gasteiger partial charge >= 0.3 is 0 Å². The van der Waals surface area contributed by atoms with E-state index in [1.807, 2.05) is 24.3 Å². The molecule has 1 aliphatic carbocycles. The minimum atomic E-state index is 0.143. The van der Waals surface area contributed by atoms with Crippen molar-refractivity contribution in [1.29, 1.82) is 5.26 Å². The van der Waals surface area contributed by atoms with Crippen LogP contribution in [0.5, 0.6) is 0 Å². The van der Waals surface area contributed by atoms with Gasteiger partial charge in [0.05, 0.1) is 18.2 Å². The van der Waals surface area contributed by atoms with Crippen molar-refractivity contribution >= 4 is 11.9 Å². The van der Waals surface area contributed by atoms with Gasteiger partial charge in [0.15, 0.2) is 5.96 Å². The Hall–Kier alpha value is -2.59. The fourth-order valence-corrected chi connectivity index (χ4v) is 3.03. The summed E-state index contributed by atoms with van der Waals surface area (Å²) in [5.74, 6) is 1.01. The molecule has 1 saturated carbocycles. The van der Waals surface area contributed by atoms with Crippen LogP contribution in [0.1, 0.15) is 24.0 Å². The van der Waals surface area contributed by atoms with Crippen LogP contribution in [-0.2, 0) is 11.3 Å². The molecule has 0 atom stereocenters. The van der Waals surface area contributed by atoms with E-state index in [1.54, 1.807) is 7.05 Å². The molecule has 138 valence electrons. The van der Waals surface area contributed by atoms with Crippen LogP contribution in [0, 0.1) is 11.3 Å². The Labute approximate surface area is 154 Å². The zero-order chi connectivity index (χ0) is 18.4. The maximum atomic E-state index is 11.9. The number of guanidine groups is 1. The molecule has 1 heterocycles. The Kier molecular flexibility index (Phi) is 6.08. The number of rotatable bonds is 5. The predicted octanol–water partition coefficient (Wildman–Crippen LogP) is 0.530. The molecule has 7 nitrogen and oxygen atoms in total. The summed E-state index contributed by atoms with van der Waals surface area (Å²) >= 11 is 0. The van der Waals surface area contributed by atoms with E-state index in [2.05, 4.69) is 31.5 Å². The molecule has 2 aliphatic rings. The number of piperazine rings is 1. The minimum absolute atomic E-state index is 0.143. The highest BCUT2D eigenvalue weighted by molar-refractivity contribution is 5.80. The Balaban J connectivity index is 1.42. The van der Waals surface area contributed by atoms with Crippen molar-refractivity contribution in [2.45, 2.75) is 25.4 Å². The van der Waals surface area contributed by atoms with Gasteiger partial charge in [0.25, 0.3) is 0 Å². The zero-order valence-corrected chi connectivity index (χ0v) is 15.2. The summed E-state index contributed by atoms with van der Waals surface area (Å²) in [5, 5.41) is 15.3. The van der Waals surface area contributed by atoms with E-state index >= 15 is 0 Å². The molecule has 0 unspecified atom stereocenters. The van der Waals surface area contributed by atoms with Crippen molar-refractivity contribution in [2.24, 2.45) is 4.99 Å². The molecular weight excluding hydrogens is 328 g/mol. The smallest absolute Gasteiger partial charge is 0.234 e. The Bertz CT molecular complexity index is 681. The van der Waals surface area contributed by atoms with E-state index in [0.29, 0.717) is 24.7 Å². The monoisotopic (exact) mass is 354 g/mol. The van der Waals surface area contributed by atoms with Crippen LogP contribution in [0.3, 0.4) is 0 Å². The maximum Gasteiger partial charge on any atom is 0.234 e. The number of hydrogen-bond donors (Lipinski definition) is 2. The molecule has 1 aromatic rings. The van der Waals surface area contributed by atoms with Crippen LogP contribution < -0.4 is 10.6 Å². The number of nitrogens with zero attached hydrogens (tertiary/aromatic N) is 4. The molecule has 1 aliphatic heterocycles. The number of aliphatic imine (C=N–C) groups is 1. The van der Waals surface area contributed by atoms with Crippen molar-refractivity contribution in [2.75, 3.05) is 39.8 Å². The average Bonchev–Trinajstić information content (AvgIpc) is 3.48. The van der Waals surface area contributed by atoms with E-state index in [9.17, 15) is 4.79 Å². The number of carbonyl (C=O) groups excluding carboxylic acids is 1. The molecule has 0 radical (unpaired) electrons. The Morgan fingerprint density at radius 1 is 1.23 bits per heavy atom. The van der Waals surface area contributed by atoms with E-state index in [0.717, 1.165) is 50.5 Å². The van der Waals surface area contributed by atoms with E-state index < -0.39 is 0 Å². The maximum absolute atomic E-state index is 11.9.